The van der Waals surface area contributed by atoms with Crippen LogP contribution in [0.25, 0.3) is 0 Å². The molecule has 0 spiro atoms. The van der Waals surface area contributed by atoms with Gasteiger partial charge in [0.05, 0.1) is 4.99 Å². The van der Waals surface area contributed by atoms with E-state index in [9.17, 15) is 4.79 Å². The summed E-state index contributed by atoms with van der Waals surface area (Å²) in [5.41, 5.74) is 4.99. The van der Waals surface area contributed by atoms with E-state index in [0.29, 0.717) is 24.0 Å². The van der Waals surface area contributed by atoms with Crippen LogP contribution in [0.4, 0.5) is 4.79 Å². The van der Waals surface area contributed by atoms with Gasteiger partial charge in [0.1, 0.15) is 5.60 Å². The predicted octanol–water partition coefficient (Wildman–Crippen LogP) is 2.06. The lowest BCUT2D eigenvalue weighted by atomic mass is 10.2. The number of thiocarbonyl (C=S) groups is 1. The summed E-state index contributed by atoms with van der Waals surface area (Å²) < 4.78 is 5.34. The number of nitrogens with two attached hydrogens (primary N) is 1. The predicted molar refractivity (Wildman–Crippen MR) is 67.4 cm³/mol. The Balaban J connectivity index is 2.49. The molecule has 0 aliphatic heterocycles. The van der Waals surface area contributed by atoms with E-state index >= 15 is 0 Å². The maximum atomic E-state index is 11.9. The van der Waals surface area contributed by atoms with Gasteiger partial charge in [0.15, 0.2) is 0 Å². The Labute approximate surface area is 102 Å². The van der Waals surface area contributed by atoms with Crippen molar-refractivity contribution in [2.24, 2.45) is 5.73 Å². The highest BCUT2D eigenvalue weighted by atomic mass is 32.1. The second-order valence-electron chi connectivity index (χ2n) is 5.12. The second kappa shape index (κ2) is 4.99. The molecular weight excluding hydrogens is 224 g/mol. The van der Waals surface area contributed by atoms with E-state index < -0.39 is 5.60 Å². The standard InChI is InChI=1S/C11H20N2O2S/c1-11(2,3)15-10(14)13(8-4-5-8)7-6-9(12)16/h8H,4-7H2,1-3H3,(H2,12,16). The molecule has 1 aliphatic rings. The number of nitrogens with zero attached hydrogens (tertiary/aromatic N) is 1. The lowest BCUT2D eigenvalue weighted by molar-refractivity contribution is 0.0239. The number of amides is 1. The molecule has 0 radical (unpaired) electrons. The van der Waals surface area contributed by atoms with E-state index in [0.717, 1.165) is 12.8 Å². The van der Waals surface area contributed by atoms with Crippen LogP contribution in [0, 0.1) is 0 Å². The van der Waals surface area contributed by atoms with Crippen molar-refractivity contribution in [1.29, 1.82) is 0 Å². The Kier molecular flexibility index (Phi) is 4.13. The summed E-state index contributed by atoms with van der Waals surface area (Å²) in [5.74, 6) is 0. The van der Waals surface area contributed by atoms with Gasteiger partial charge in [0.2, 0.25) is 0 Å². The Morgan fingerprint density at radius 2 is 2.06 bits per heavy atom. The highest BCUT2D eigenvalue weighted by Crippen LogP contribution is 2.28. The first kappa shape index (κ1) is 13.2. The van der Waals surface area contributed by atoms with Crippen molar-refractivity contribution in [3.05, 3.63) is 0 Å². The van der Waals surface area contributed by atoms with Crippen molar-refractivity contribution in [3.8, 4) is 0 Å². The third-order valence-corrected chi connectivity index (χ3v) is 2.42. The minimum absolute atomic E-state index is 0.258. The topological polar surface area (TPSA) is 55.6 Å². The molecule has 16 heavy (non-hydrogen) atoms. The first-order valence-electron chi connectivity index (χ1n) is 5.57. The van der Waals surface area contributed by atoms with Gasteiger partial charge in [-0.25, -0.2) is 4.79 Å². The van der Waals surface area contributed by atoms with Gasteiger partial charge in [0, 0.05) is 19.0 Å². The minimum atomic E-state index is -0.451. The molecule has 0 bridgehead atoms. The third kappa shape index (κ3) is 4.79. The largest absolute Gasteiger partial charge is 0.444 e. The lowest BCUT2D eigenvalue weighted by Crippen LogP contribution is -2.39. The van der Waals surface area contributed by atoms with Gasteiger partial charge in [0.25, 0.3) is 0 Å². The van der Waals surface area contributed by atoms with Crippen LogP contribution in [-0.4, -0.2) is 34.2 Å². The summed E-state index contributed by atoms with van der Waals surface area (Å²) in [6.07, 6.45) is 2.41. The summed E-state index contributed by atoms with van der Waals surface area (Å²) in [5, 5.41) is 0. The lowest BCUT2D eigenvalue weighted by Gasteiger charge is -2.27. The molecule has 0 atom stereocenters. The molecule has 1 amide bonds. The Bertz CT molecular complexity index is 282. The molecule has 1 aliphatic carbocycles. The molecule has 5 heteroatoms. The first-order chi connectivity index (χ1) is 7.29. The molecule has 2 N–H and O–H groups in total. The first-order valence-corrected chi connectivity index (χ1v) is 5.98. The fourth-order valence-corrected chi connectivity index (χ4v) is 1.45. The van der Waals surface area contributed by atoms with Crippen LogP contribution in [0.2, 0.25) is 0 Å². The molecule has 0 saturated heterocycles. The van der Waals surface area contributed by atoms with Crippen LogP contribution in [0.15, 0.2) is 0 Å². The van der Waals surface area contributed by atoms with Gasteiger partial charge in [-0.15, -0.1) is 0 Å². The molecule has 1 saturated carbocycles. The molecule has 0 heterocycles. The van der Waals surface area contributed by atoms with Crippen LogP contribution in [0.5, 0.6) is 0 Å². The van der Waals surface area contributed by atoms with Crippen LogP contribution in [-0.2, 0) is 4.74 Å². The van der Waals surface area contributed by atoms with E-state index in [2.05, 4.69) is 0 Å². The van der Waals surface area contributed by atoms with Gasteiger partial charge < -0.3 is 15.4 Å². The number of rotatable bonds is 4. The van der Waals surface area contributed by atoms with E-state index in [1.54, 1.807) is 4.90 Å². The molecule has 1 fully saturated rings. The zero-order valence-electron chi connectivity index (χ0n) is 10.2. The highest BCUT2D eigenvalue weighted by molar-refractivity contribution is 7.80. The Hall–Kier alpha value is -0.840. The zero-order valence-corrected chi connectivity index (χ0v) is 11.0. The van der Waals surface area contributed by atoms with Crippen molar-refractivity contribution in [2.75, 3.05) is 6.54 Å². The number of carbonyl (C=O) groups is 1. The summed E-state index contributed by atoms with van der Waals surface area (Å²) in [7, 11) is 0. The maximum Gasteiger partial charge on any atom is 0.410 e. The van der Waals surface area contributed by atoms with Crippen molar-refractivity contribution in [3.63, 3.8) is 0 Å². The SMILES string of the molecule is CC(C)(C)OC(=O)N(CCC(N)=S)C1CC1. The number of hydrogen-bond donors (Lipinski definition) is 1. The average Bonchev–Trinajstić information content (AvgIpc) is 2.84. The van der Waals surface area contributed by atoms with E-state index in [4.69, 9.17) is 22.7 Å². The van der Waals surface area contributed by atoms with Gasteiger partial charge in [-0.1, -0.05) is 12.2 Å². The van der Waals surface area contributed by atoms with Gasteiger partial charge in [-0.05, 0) is 33.6 Å². The van der Waals surface area contributed by atoms with Crippen LogP contribution in [0.1, 0.15) is 40.0 Å². The summed E-state index contributed by atoms with van der Waals surface area (Å²) in [6, 6.07) is 0.323. The fourth-order valence-electron chi connectivity index (χ4n) is 1.36. The van der Waals surface area contributed by atoms with Crippen molar-refractivity contribution < 1.29 is 9.53 Å². The van der Waals surface area contributed by atoms with Crippen molar-refractivity contribution >= 4 is 23.3 Å². The highest BCUT2D eigenvalue weighted by Gasteiger charge is 2.34. The third-order valence-electron chi connectivity index (χ3n) is 2.21. The summed E-state index contributed by atoms with van der Waals surface area (Å²) >= 11 is 4.82. The van der Waals surface area contributed by atoms with Crippen LogP contribution < -0.4 is 5.73 Å². The molecule has 92 valence electrons. The fraction of sp³-hybridized carbons (Fsp3) is 0.818. The van der Waals surface area contributed by atoms with E-state index in [1.807, 2.05) is 20.8 Å². The second-order valence-corrected chi connectivity index (χ2v) is 5.65. The summed E-state index contributed by atoms with van der Waals surface area (Å²) in [4.78, 5) is 14.1. The van der Waals surface area contributed by atoms with Crippen molar-refractivity contribution in [2.45, 2.75) is 51.7 Å². The molecule has 1 rings (SSSR count). The van der Waals surface area contributed by atoms with Crippen LogP contribution >= 0.6 is 12.2 Å². The number of ether oxygens (including phenoxy) is 1. The van der Waals surface area contributed by atoms with E-state index in [-0.39, 0.29) is 6.09 Å². The molecule has 0 aromatic heterocycles. The smallest absolute Gasteiger partial charge is 0.410 e. The van der Waals surface area contributed by atoms with Gasteiger partial charge in [-0.3, -0.25) is 0 Å². The quantitative estimate of drug-likeness (QED) is 0.769. The molecule has 0 aromatic carbocycles. The van der Waals surface area contributed by atoms with Gasteiger partial charge >= 0.3 is 6.09 Å². The molecule has 0 aromatic rings. The van der Waals surface area contributed by atoms with Crippen molar-refractivity contribution in [1.82, 2.24) is 4.90 Å². The van der Waals surface area contributed by atoms with E-state index in [1.165, 1.54) is 0 Å². The normalized spacial score (nSPS) is 15.7. The molecule has 0 unspecified atom stereocenters. The summed E-state index contributed by atoms with van der Waals surface area (Å²) in [6.45, 7) is 6.16. The monoisotopic (exact) mass is 244 g/mol. The zero-order chi connectivity index (χ0) is 12.3. The Morgan fingerprint density at radius 3 is 2.44 bits per heavy atom. The molecule has 4 nitrogen and oxygen atoms in total. The van der Waals surface area contributed by atoms with Gasteiger partial charge in [-0.2, -0.15) is 0 Å². The molecular formula is C11H20N2O2S. The number of hydrogen-bond acceptors (Lipinski definition) is 3. The maximum absolute atomic E-state index is 11.9. The minimum Gasteiger partial charge on any atom is -0.444 e. The Morgan fingerprint density at radius 1 is 1.50 bits per heavy atom. The number of carbonyl (C=O) groups excluding carboxylic acids is 1. The van der Waals surface area contributed by atoms with Crippen LogP contribution in [0.3, 0.4) is 0 Å². The average molecular weight is 244 g/mol.